The molecule has 0 saturated carbocycles. The van der Waals surface area contributed by atoms with Crippen LogP contribution in [0.15, 0.2) is 30.3 Å². The highest BCUT2D eigenvalue weighted by molar-refractivity contribution is 14.1. The Hall–Kier alpha value is -2.65. The zero-order valence-electron chi connectivity index (χ0n) is 24.4. The van der Waals surface area contributed by atoms with Gasteiger partial charge in [-0.25, -0.2) is 15.9 Å². The molecule has 2 aliphatic heterocycles. The van der Waals surface area contributed by atoms with Crippen LogP contribution < -0.4 is 12.3 Å². The van der Waals surface area contributed by atoms with Gasteiger partial charge in [0, 0.05) is 51.9 Å². The third-order valence-electron chi connectivity index (χ3n) is 7.84. The molecule has 0 aliphatic carbocycles. The summed E-state index contributed by atoms with van der Waals surface area (Å²) in [4.78, 5) is 27.6. The first-order chi connectivity index (χ1) is 19.4. The Labute approximate surface area is 256 Å². The number of halogens is 1. The lowest BCUT2D eigenvalue weighted by Gasteiger charge is -2.35. The van der Waals surface area contributed by atoms with E-state index in [1.807, 2.05) is 28.5 Å². The quantitative estimate of drug-likeness (QED) is 0.247. The number of anilines is 3. The average molecular weight is 695 g/mol. The summed E-state index contributed by atoms with van der Waals surface area (Å²) in [5, 5.41) is 5.05. The van der Waals surface area contributed by atoms with Gasteiger partial charge in [0.2, 0.25) is 10.0 Å². The second kappa shape index (κ2) is 11.9. The summed E-state index contributed by atoms with van der Waals surface area (Å²) in [6.45, 7) is 6.21. The number of hydrogen-bond acceptors (Lipinski definition) is 8. The van der Waals surface area contributed by atoms with Gasteiger partial charge in [-0.05, 0) is 58.8 Å². The number of aromatic nitrogens is 3. The van der Waals surface area contributed by atoms with E-state index in [2.05, 4.69) is 41.9 Å². The lowest BCUT2D eigenvalue weighted by atomic mass is 9.97. The number of rotatable bonds is 9. The molecule has 11 nitrogen and oxygen atoms in total. The number of piperidine rings is 1. The molecule has 2 saturated heterocycles. The predicted molar refractivity (Wildman–Crippen MR) is 172 cm³/mol. The van der Waals surface area contributed by atoms with E-state index >= 15 is 0 Å². The largest absolute Gasteiger partial charge is 0.358 e. The molecule has 3 aromatic rings. The summed E-state index contributed by atoms with van der Waals surface area (Å²) >= 11 is 1.76. The van der Waals surface area contributed by atoms with Gasteiger partial charge in [-0.1, -0.05) is 11.6 Å². The van der Waals surface area contributed by atoms with Gasteiger partial charge in [0.1, 0.15) is 11.6 Å². The molecule has 1 atom stereocenters. The molecule has 1 aromatic carbocycles. The molecule has 2 fully saturated rings. The number of sulfonamides is 1. The van der Waals surface area contributed by atoms with E-state index in [1.54, 1.807) is 35.0 Å². The third kappa shape index (κ3) is 6.26. The molecule has 222 valence electrons. The molecule has 0 radical (unpaired) electrons. The first-order valence-corrected chi connectivity index (χ1v) is 16.8. The number of aryl methyl sites for hydroxylation is 1. The topological polar surface area (TPSA) is 97.6 Å². The van der Waals surface area contributed by atoms with Crippen molar-refractivity contribution in [3.63, 3.8) is 0 Å². The van der Waals surface area contributed by atoms with Crippen LogP contribution in [0.2, 0.25) is 0 Å². The molecule has 0 bridgehead atoms. The van der Waals surface area contributed by atoms with Crippen molar-refractivity contribution in [1.29, 1.82) is 0 Å². The number of fused-ring (bicyclic) bond motifs is 1. The minimum absolute atomic E-state index is 0.187. The number of nitrogens with zero attached hydrogens (tertiary/aromatic N) is 8. The molecule has 41 heavy (non-hydrogen) atoms. The van der Waals surface area contributed by atoms with Gasteiger partial charge in [-0.2, -0.15) is 9.61 Å². The van der Waals surface area contributed by atoms with Crippen LogP contribution in [0.25, 0.3) is 5.65 Å². The molecule has 0 spiro atoms. The van der Waals surface area contributed by atoms with Crippen LogP contribution in [0.1, 0.15) is 53.3 Å². The van der Waals surface area contributed by atoms with Gasteiger partial charge >= 0.3 is 0 Å². The van der Waals surface area contributed by atoms with E-state index in [-0.39, 0.29) is 11.9 Å². The molecule has 13 heteroatoms. The number of hydrogen-bond donors (Lipinski definition) is 0. The van der Waals surface area contributed by atoms with Crippen molar-refractivity contribution in [2.45, 2.75) is 38.6 Å². The number of carbonyl (C=O) groups excluding carboxylic acids is 1. The van der Waals surface area contributed by atoms with Crippen LogP contribution in [-0.4, -0.2) is 98.8 Å². The monoisotopic (exact) mass is 694 g/mol. The first kappa shape index (κ1) is 29.8. The smallest absolute Gasteiger partial charge is 0.256 e. The molecule has 0 N–H and O–H groups in total. The van der Waals surface area contributed by atoms with Crippen molar-refractivity contribution >= 4 is 61.8 Å². The van der Waals surface area contributed by atoms with Crippen molar-refractivity contribution in [2.75, 3.05) is 72.4 Å². The Kier molecular flexibility index (Phi) is 8.67. The van der Waals surface area contributed by atoms with Gasteiger partial charge in [-0.3, -0.25) is 4.79 Å². The number of carbonyl (C=O) groups is 1. The summed E-state index contributed by atoms with van der Waals surface area (Å²) in [6, 6.07) is 9.20. The molecular formula is C28H39IN8O3S. The van der Waals surface area contributed by atoms with E-state index in [4.69, 9.17) is 10.1 Å². The van der Waals surface area contributed by atoms with E-state index in [1.165, 1.54) is 0 Å². The zero-order chi connectivity index (χ0) is 29.5. The normalized spacial score (nSPS) is 17.7. The molecule has 5 rings (SSSR count). The molecule has 0 unspecified atom stereocenters. The van der Waals surface area contributed by atoms with Crippen molar-refractivity contribution in [1.82, 2.24) is 24.4 Å². The van der Waals surface area contributed by atoms with Gasteiger partial charge < -0.3 is 19.6 Å². The molecule has 1 amide bonds. The Balaban J connectivity index is 1.54. The van der Waals surface area contributed by atoms with Gasteiger partial charge in [0.15, 0.2) is 5.65 Å². The molecule has 4 heterocycles. The maximum atomic E-state index is 14.1. The van der Waals surface area contributed by atoms with E-state index in [9.17, 15) is 13.2 Å². The summed E-state index contributed by atoms with van der Waals surface area (Å²) < 4.78 is 27.8. The zero-order valence-corrected chi connectivity index (χ0v) is 27.4. The van der Waals surface area contributed by atoms with Crippen LogP contribution in [0.3, 0.4) is 0 Å². The minimum atomic E-state index is -3.56. The van der Waals surface area contributed by atoms with Gasteiger partial charge in [0.05, 0.1) is 52.1 Å². The van der Waals surface area contributed by atoms with Crippen LogP contribution >= 0.6 is 22.9 Å². The predicted octanol–water partition coefficient (Wildman–Crippen LogP) is 3.73. The highest BCUT2D eigenvalue weighted by atomic mass is 127. The van der Waals surface area contributed by atoms with E-state index in [0.717, 1.165) is 89.2 Å². The SMILES string of the molecule is Cc1ccc(N(I)S(C)(=O)=O)c(C(=O)N2CCCC[C@H]2c2cc3nc(N4CCC4)cc(N(C)CCN(C)C)n3n2)c1. The van der Waals surface area contributed by atoms with Crippen LogP contribution in [0, 0.1) is 6.92 Å². The number of benzene rings is 1. The lowest BCUT2D eigenvalue weighted by Crippen LogP contribution is -2.39. The number of likely N-dealkylation sites (N-methyl/N-ethyl adjacent to an activating group) is 2. The first-order valence-electron chi connectivity index (χ1n) is 14.0. The van der Waals surface area contributed by atoms with Gasteiger partial charge in [-0.15, -0.1) is 0 Å². The maximum Gasteiger partial charge on any atom is 0.256 e. The minimum Gasteiger partial charge on any atom is -0.358 e. The fourth-order valence-corrected chi connectivity index (χ4v) is 6.30. The Bertz CT molecular complexity index is 1540. The van der Waals surface area contributed by atoms with Crippen molar-refractivity contribution < 1.29 is 13.2 Å². The maximum absolute atomic E-state index is 14.1. The Morgan fingerprint density at radius 2 is 1.80 bits per heavy atom. The average Bonchev–Trinajstić information content (AvgIpc) is 3.33. The van der Waals surface area contributed by atoms with E-state index < -0.39 is 10.0 Å². The standard InChI is InChI=1S/C28H39IN8O3S/c1-20-10-11-23(37(29)41(5,39)40)21(17-20)28(38)35-14-7-6-9-24(35)22-18-26-30-25(34-12-8-13-34)19-27(36(26)31-22)33(4)16-15-32(2)3/h10-11,17-19,24H,6-9,12-16H2,1-5H3/t24-/m0/s1. The summed E-state index contributed by atoms with van der Waals surface area (Å²) in [5.74, 6) is 1.73. The van der Waals surface area contributed by atoms with Gasteiger partial charge in [0.25, 0.3) is 5.91 Å². The highest BCUT2D eigenvalue weighted by Gasteiger charge is 2.34. The van der Waals surface area contributed by atoms with Crippen molar-refractivity contribution in [3.05, 3.63) is 47.2 Å². The Morgan fingerprint density at radius 1 is 1.05 bits per heavy atom. The molecule has 2 aliphatic rings. The fourth-order valence-electron chi connectivity index (χ4n) is 5.36. The van der Waals surface area contributed by atoms with Crippen molar-refractivity contribution in [3.8, 4) is 0 Å². The lowest BCUT2D eigenvalue weighted by molar-refractivity contribution is 0.0606. The van der Waals surface area contributed by atoms with Crippen LogP contribution in [-0.2, 0) is 10.0 Å². The number of amides is 1. The third-order valence-corrected chi connectivity index (χ3v) is 11.3. The summed E-state index contributed by atoms with van der Waals surface area (Å²) in [6.07, 6.45) is 4.95. The second-order valence-corrected chi connectivity index (χ2v) is 14.8. The van der Waals surface area contributed by atoms with Crippen LogP contribution in [0.5, 0.6) is 0 Å². The highest BCUT2D eigenvalue weighted by Crippen LogP contribution is 2.36. The number of likely N-dealkylation sites (tertiary alicyclic amines) is 1. The van der Waals surface area contributed by atoms with Crippen molar-refractivity contribution in [2.24, 2.45) is 0 Å². The summed E-state index contributed by atoms with van der Waals surface area (Å²) in [7, 11) is 2.65. The molecule has 2 aromatic heterocycles. The fraction of sp³-hybridized carbons (Fsp3) is 0.536. The van der Waals surface area contributed by atoms with Crippen LogP contribution in [0.4, 0.5) is 17.3 Å². The molecular weight excluding hydrogens is 655 g/mol. The second-order valence-electron chi connectivity index (χ2n) is 11.4. The Morgan fingerprint density at radius 3 is 2.46 bits per heavy atom. The summed E-state index contributed by atoms with van der Waals surface area (Å²) in [5.41, 5.74) is 3.21. The van der Waals surface area contributed by atoms with E-state index in [0.29, 0.717) is 17.8 Å².